The van der Waals surface area contributed by atoms with Gasteiger partial charge in [0, 0.05) is 17.8 Å². The van der Waals surface area contributed by atoms with Crippen molar-refractivity contribution in [3.05, 3.63) is 18.5 Å². The molecule has 1 N–H and O–H groups in total. The molecule has 1 atom stereocenters. The summed E-state index contributed by atoms with van der Waals surface area (Å²) in [5, 5.41) is 15.4. The van der Waals surface area contributed by atoms with E-state index >= 15 is 0 Å². The molecule has 0 aliphatic rings. The number of hydrogen-bond acceptors (Lipinski definition) is 3. The largest absolute Gasteiger partial charge is 0.322 e. The first kappa shape index (κ1) is 11.2. The monoisotopic (exact) mass is 206 g/mol. The molecule has 0 saturated carbocycles. The Balaban J connectivity index is 2.73. The van der Waals surface area contributed by atoms with E-state index in [0.717, 1.165) is 0 Å². The van der Waals surface area contributed by atoms with Crippen LogP contribution in [0.15, 0.2) is 18.5 Å². The standard InChI is InChI=1S/C10H14N4O/c1-10(2,3)9(15)13-8(7-11)14-6-4-5-12-14/h4-6,8H,1-3H3,(H,13,15). The summed E-state index contributed by atoms with van der Waals surface area (Å²) >= 11 is 0. The van der Waals surface area contributed by atoms with Crippen LogP contribution in [0.5, 0.6) is 0 Å². The Kier molecular flexibility index (Phi) is 3.10. The van der Waals surface area contributed by atoms with Gasteiger partial charge in [0.2, 0.25) is 12.1 Å². The SMILES string of the molecule is CC(C)(C)C(=O)NC(C#N)n1cccn1. The summed E-state index contributed by atoms with van der Waals surface area (Å²) in [5.41, 5.74) is -0.512. The summed E-state index contributed by atoms with van der Waals surface area (Å²) in [5.74, 6) is -0.176. The van der Waals surface area contributed by atoms with E-state index in [4.69, 9.17) is 5.26 Å². The van der Waals surface area contributed by atoms with Gasteiger partial charge >= 0.3 is 0 Å². The van der Waals surface area contributed by atoms with Gasteiger partial charge < -0.3 is 5.32 Å². The smallest absolute Gasteiger partial charge is 0.227 e. The number of rotatable bonds is 2. The van der Waals surface area contributed by atoms with Gasteiger partial charge in [-0.2, -0.15) is 10.4 Å². The first-order chi connectivity index (χ1) is 6.95. The highest BCUT2D eigenvalue weighted by Crippen LogP contribution is 2.14. The molecule has 1 heterocycles. The van der Waals surface area contributed by atoms with Crippen LogP contribution in [0.1, 0.15) is 26.9 Å². The molecule has 80 valence electrons. The van der Waals surface area contributed by atoms with Crippen molar-refractivity contribution >= 4 is 5.91 Å². The van der Waals surface area contributed by atoms with Crippen LogP contribution in [-0.4, -0.2) is 15.7 Å². The zero-order valence-electron chi connectivity index (χ0n) is 9.06. The molecule has 0 aliphatic heterocycles. The number of amides is 1. The van der Waals surface area contributed by atoms with Crippen molar-refractivity contribution in [2.45, 2.75) is 26.9 Å². The van der Waals surface area contributed by atoms with Gasteiger partial charge in [0.25, 0.3) is 0 Å². The quantitative estimate of drug-likeness (QED) is 0.786. The molecule has 15 heavy (non-hydrogen) atoms. The van der Waals surface area contributed by atoms with Gasteiger partial charge in [-0.25, -0.2) is 4.68 Å². The highest BCUT2D eigenvalue weighted by Gasteiger charge is 2.24. The lowest BCUT2D eigenvalue weighted by Crippen LogP contribution is -2.39. The second-order valence-electron chi connectivity index (χ2n) is 4.24. The number of carbonyl (C=O) groups is 1. The lowest BCUT2D eigenvalue weighted by molar-refractivity contribution is -0.129. The number of nitrogens with one attached hydrogen (secondary N) is 1. The van der Waals surface area contributed by atoms with Crippen molar-refractivity contribution < 1.29 is 4.79 Å². The van der Waals surface area contributed by atoms with E-state index in [-0.39, 0.29) is 5.91 Å². The summed E-state index contributed by atoms with van der Waals surface area (Å²) in [6, 6.07) is 3.68. The van der Waals surface area contributed by atoms with E-state index in [9.17, 15) is 4.79 Å². The molecule has 1 rings (SSSR count). The zero-order valence-corrected chi connectivity index (χ0v) is 9.06. The molecule has 1 aromatic rings. The highest BCUT2D eigenvalue weighted by molar-refractivity contribution is 5.81. The molecule has 0 spiro atoms. The predicted octanol–water partition coefficient (Wildman–Crippen LogP) is 1.07. The third kappa shape index (κ3) is 2.81. The maximum Gasteiger partial charge on any atom is 0.227 e. The molecule has 0 saturated heterocycles. The number of aromatic nitrogens is 2. The lowest BCUT2D eigenvalue weighted by atomic mass is 9.95. The Bertz CT molecular complexity index is 369. The Morgan fingerprint density at radius 1 is 1.60 bits per heavy atom. The topological polar surface area (TPSA) is 70.7 Å². The number of nitrogens with zero attached hydrogens (tertiary/aromatic N) is 3. The summed E-state index contributed by atoms with van der Waals surface area (Å²) < 4.78 is 1.41. The summed E-state index contributed by atoms with van der Waals surface area (Å²) in [4.78, 5) is 11.6. The molecule has 0 radical (unpaired) electrons. The average molecular weight is 206 g/mol. The van der Waals surface area contributed by atoms with Crippen molar-refractivity contribution in [3.8, 4) is 6.07 Å². The van der Waals surface area contributed by atoms with Crippen molar-refractivity contribution in [1.82, 2.24) is 15.1 Å². The number of hydrogen-bond donors (Lipinski definition) is 1. The van der Waals surface area contributed by atoms with Gasteiger partial charge in [-0.1, -0.05) is 20.8 Å². The molecule has 5 nitrogen and oxygen atoms in total. The van der Waals surface area contributed by atoms with Crippen molar-refractivity contribution in [2.75, 3.05) is 0 Å². The van der Waals surface area contributed by atoms with Crippen LogP contribution in [0.2, 0.25) is 0 Å². The first-order valence-electron chi connectivity index (χ1n) is 4.65. The molecular weight excluding hydrogens is 192 g/mol. The summed E-state index contributed by atoms with van der Waals surface area (Å²) in [6.07, 6.45) is 2.46. The van der Waals surface area contributed by atoms with Gasteiger partial charge in [-0.05, 0) is 6.07 Å². The fraction of sp³-hybridized carbons (Fsp3) is 0.500. The fourth-order valence-electron chi connectivity index (χ4n) is 0.932. The van der Waals surface area contributed by atoms with Crippen LogP contribution in [-0.2, 0) is 4.79 Å². The maximum absolute atomic E-state index is 11.6. The summed E-state index contributed by atoms with van der Waals surface area (Å²) in [7, 11) is 0. The molecule has 0 aliphatic carbocycles. The van der Waals surface area contributed by atoms with E-state index in [0.29, 0.717) is 0 Å². The normalized spacial score (nSPS) is 12.9. The predicted molar refractivity (Wildman–Crippen MR) is 54.5 cm³/mol. The fourth-order valence-corrected chi connectivity index (χ4v) is 0.932. The third-order valence-corrected chi connectivity index (χ3v) is 1.86. The van der Waals surface area contributed by atoms with Gasteiger partial charge in [-0.3, -0.25) is 4.79 Å². The van der Waals surface area contributed by atoms with Crippen LogP contribution in [0.25, 0.3) is 0 Å². The molecule has 1 aromatic heterocycles. The van der Waals surface area contributed by atoms with Gasteiger partial charge in [0.05, 0.1) is 0 Å². The van der Waals surface area contributed by atoms with Crippen molar-refractivity contribution in [2.24, 2.45) is 5.41 Å². The van der Waals surface area contributed by atoms with Crippen LogP contribution in [0.3, 0.4) is 0 Å². The van der Waals surface area contributed by atoms with Gasteiger partial charge in [-0.15, -0.1) is 0 Å². The molecule has 5 heteroatoms. The maximum atomic E-state index is 11.6. The Hall–Kier alpha value is -1.83. The zero-order chi connectivity index (χ0) is 11.5. The van der Waals surface area contributed by atoms with Crippen LogP contribution in [0.4, 0.5) is 0 Å². The molecule has 0 fully saturated rings. The molecule has 1 unspecified atom stereocenters. The van der Waals surface area contributed by atoms with Gasteiger partial charge in [0.1, 0.15) is 6.07 Å². The van der Waals surface area contributed by atoms with E-state index in [1.165, 1.54) is 4.68 Å². The highest BCUT2D eigenvalue weighted by atomic mass is 16.2. The van der Waals surface area contributed by atoms with E-state index in [2.05, 4.69) is 10.4 Å². The van der Waals surface area contributed by atoms with Crippen LogP contribution < -0.4 is 5.32 Å². The summed E-state index contributed by atoms with van der Waals surface area (Å²) in [6.45, 7) is 5.37. The third-order valence-electron chi connectivity index (χ3n) is 1.86. The van der Waals surface area contributed by atoms with Crippen molar-refractivity contribution in [3.63, 3.8) is 0 Å². The Labute approximate surface area is 88.7 Å². The average Bonchev–Trinajstić information content (AvgIpc) is 2.64. The van der Waals surface area contributed by atoms with Crippen molar-refractivity contribution in [1.29, 1.82) is 5.26 Å². The molecular formula is C10H14N4O. The number of nitriles is 1. The van der Waals surface area contributed by atoms with E-state index in [1.54, 1.807) is 39.2 Å². The van der Waals surface area contributed by atoms with E-state index in [1.807, 2.05) is 6.07 Å². The Morgan fingerprint density at radius 2 is 2.27 bits per heavy atom. The second-order valence-corrected chi connectivity index (χ2v) is 4.24. The molecule has 0 aromatic carbocycles. The minimum absolute atomic E-state index is 0.176. The van der Waals surface area contributed by atoms with Crippen LogP contribution >= 0.6 is 0 Å². The first-order valence-corrected chi connectivity index (χ1v) is 4.65. The minimum Gasteiger partial charge on any atom is -0.322 e. The lowest BCUT2D eigenvalue weighted by Gasteiger charge is -2.20. The van der Waals surface area contributed by atoms with E-state index < -0.39 is 11.6 Å². The second kappa shape index (κ2) is 4.13. The number of carbonyl (C=O) groups excluding carboxylic acids is 1. The molecule has 0 bridgehead atoms. The minimum atomic E-state index is -0.744. The Morgan fingerprint density at radius 3 is 2.67 bits per heavy atom. The molecule has 1 amide bonds. The van der Waals surface area contributed by atoms with Gasteiger partial charge in [0.15, 0.2) is 0 Å². The van der Waals surface area contributed by atoms with Crippen LogP contribution in [0, 0.1) is 16.7 Å².